The van der Waals surface area contributed by atoms with Crippen molar-refractivity contribution < 1.29 is 4.79 Å². The summed E-state index contributed by atoms with van der Waals surface area (Å²) in [5, 5.41) is 3.13. The summed E-state index contributed by atoms with van der Waals surface area (Å²) in [6.07, 6.45) is 1.63. The first-order valence-corrected chi connectivity index (χ1v) is 9.01. The lowest BCUT2D eigenvalue weighted by molar-refractivity contribution is -0.128. The van der Waals surface area contributed by atoms with Crippen molar-refractivity contribution in [2.24, 2.45) is 10.7 Å². The smallest absolute Gasteiger partial charge is 0.222 e. The summed E-state index contributed by atoms with van der Waals surface area (Å²) in [7, 11) is 0. The Morgan fingerprint density at radius 1 is 1.15 bits per heavy atom. The van der Waals surface area contributed by atoms with E-state index < -0.39 is 0 Å². The van der Waals surface area contributed by atoms with Crippen LogP contribution in [0.4, 0.5) is 5.69 Å². The molecule has 6 heteroatoms. The second kappa shape index (κ2) is 9.73. The zero-order valence-corrected chi connectivity index (χ0v) is 18.2. The van der Waals surface area contributed by atoms with Crippen LogP contribution in [0.5, 0.6) is 0 Å². The van der Waals surface area contributed by atoms with Crippen molar-refractivity contribution in [1.82, 2.24) is 4.90 Å². The van der Waals surface area contributed by atoms with Crippen LogP contribution in [0.15, 0.2) is 47.5 Å². The summed E-state index contributed by atoms with van der Waals surface area (Å²) in [5.41, 5.74) is 11.6. The molecule has 1 heterocycles. The highest BCUT2D eigenvalue weighted by atomic mass is 127. The summed E-state index contributed by atoms with van der Waals surface area (Å²) in [6, 6.07) is 14.3. The molecule has 1 aliphatic rings. The molecule has 0 spiro atoms. The number of amides is 1. The lowest BCUT2D eigenvalue weighted by atomic mass is 10.1. The summed E-state index contributed by atoms with van der Waals surface area (Å²) >= 11 is 0. The van der Waals surface area contributed by atoms with Gasteiger partial charge in [-0.05, 0) is 54.7 Å². The van der Waals surface area contributed by atoms with Gasteiger partial charge >= 0.3 is 0 Å². The number of aliphatic imine (C=N–C) groups is 1. The Kier molecular flexibility index (Phi) is 7.65. The van der Waals surface area contributed by atoms with Crippen LogP contribution in [0, 0.1) is 13.8 Å². The first-order valence-electron chi connectivity index (χ1n) is 9.01. The largest absolute Gasteiger partial charge is 0.370 e. The van der Waals surface area contributed by atoms with Crippen LogP contribution in [0.1, 0.15) is 35.1 Å². The molecule has 0 aliphatic carbocycles. The quantitative estimate of drug-likeness (QED) is 0.388. The Hall–Kier alpha value is -2.09. The molecular formula is C21H27IN4O. The lowest BCUT2D eigenvalue weighted by Crippen LogP contribution is -2.24. The van der Waals surface area contributed by atoms with E-state index in [1.54, 1.807) is 0 Å². The van der Waals surface area contributed by atoms with Gasteiger partial charge in [0.05, 0.1) is 6.54 Å². The maximum atomic E-state index is 11.8. The van der Waals surface area contributed by atoms with Gasteiger partial charge in [-0.3, -0.25) is 4.79 Å². The summed E-state index contributed by atoms with van der Waals surface area (Å²) in [5.74, 6) is 0.642. The number of aryl methyl sites for hydroxylation is 2. The molecule has 1 fully saturated rings. The molecule has 0 atom stereocenters. The second-order valence-corrected chi connectivity index (χ2v) is 6.86. The van der Waals surface area contributed by atoms with Crippen molar-refractivity contribution in [3.05, 3.63) is 64.7 Å². The monoisotopic (exact) mass is 478 g/mol. The van der Waals surface area contributed by atoms with Gasteiger partial charge in [-0.1, -0.05) is 30.3 Å². The number of carbonyl (C=O) groups is 1. The number of benzene rings is 2. The van der Waals surface area contributed by atoms with E-state index in [9.17, 15) is 4.79 Å². The SMILES string of the molecule is Cc1ccc(NC(N)=NCc2cccc(CN3CCCC3=O)c2)cc1C.I. The van der Waals surface area contributed by atoms with Gasteiger partial charge in [0, 0.05) is 25.2 Å². The van der Waals surface area contributed by atoms with Gasteiger partial charge in [0.2, 0.25) is 5.91 Å². The van der Waals surface area contributed by atoms with Gasteiger partial charge in [0.15, 0.2) is 5.96 Å². The number of carbonyl (C=O) groups excluding carboxylic acids is 1. The highest BCUT2D eigenvalue weighted by molar-refractivity contribution is 14.0. The van der Waals surface area contributed by atoms with Gasteiger partial charge in [-0.25, -0.2) is 4.99 Å². The fraction of sp³-hybridized carbons (Fsp3) is 0.333. The first kappa shape index (κ1) is 21.2. The van der Waals surface area contributed by atoms with Crippen LogP contribution < -0.4 is 11.1 Å². The number of hydrogen-bond acceptors (Lipinski definition) is 2. The standard InChI is InChI=1S/C21H26N4O.HI/c1-15-8-9-19(11-16(15)2)24-21(22)23-13-17-5-3-6-18(12-17)14-25-10-4-7-20(25)26;/h3,5-6,8-9,11-12H,4,7,10,13-14H2,1-2H3,(H3,22,23,24);1H. The molecule has 27 heavy (non-hydrogen) atoms. The maximum Gasteiger partial charge on any atom is 0.222 e. The van der Waals surface area contributed by atoms with Crippen molar-refractivity contribution in [3.8, 4) is 0 Å². The van der Waals surface area contributed by atoms with Crippen molar-refractivity contribution >= 4 is 41.5 Å². The molecular weight excluding hydrogens is 451 g/mol. The molecule has 1 saturated heterocycles. The molecule has 144 valence electrons. The van der Waals surface area contributed by atoms with Crippen LogP contribution in [-0.2, 0) is 17.9 Å². The van der Waals surface area contributed by atoms with E-state index in [0.29, 0.717) is 25.5 Å². The highest BCUT2D eigenvalue weighted by Gasteiger charge is 2.19. The molecule has 0 unspecified atom stereocenters. The number of nitrogens with one attached hydrogen (secondary N) is 1. The van der Waals surface area contributed by atoms with Crippen molar-refractivity contribution in [3.63, 3.8) is 0 Å². The minimum atomic E-state index is 0. The van der Waals surface area contributed by atoms with E-state index in [1.165, 1.54) is 11.1 Å². The predicted octanol–water partition coefficient (Wildman–Crippen LogP) is 3.97. The van der Waals surface area contributed by atoms with Gasteiger partial charge < -0.3 is 16.0 Å². The minimum absolute atomic E-state index is 0. The third kappa shape index (κ3) is 5.95. The lowest BCUT2D eigenvalue weighted by Gasteiger charge is -2.15. The Morgan fingerprint density at radius 3 is 2.63 bits per heavy atom. The highest BCUT2D eigenvalue weighted by Crippen LogP contribution is 2.16. The number of halogens is 1. The number of likely N-dealkylation sites (tertiary alicyclic amines) is 1. The topological polar surface area (TPSA) is 70.7 Å². The molecule has 3 rings (SSSR count). The van der Waals surface area contributed by atoms with E-state index in [-0.39, 0.29) is 29.9 Å². The van der Waals surface area contributed by atoms with E-state index in [2.05, 4.69) is 48.4 Å². The Labute approximate surface area is 178 Å². The van der Waals surface area contributed by atoms with Gasteiger partial charge in [-0.2, -0.15) is 0 Å². The van der Waals surface area contributed by atoms with E-state index in [1.807, 2.05) is 23.1 Å². The van der Waals surface area contributed by atoms with Crippen LogP contribution >= 0.6 is 24.0 Å². The number of guanidine groups is 1. The van der Waals surface area contributed by atoms with Crippen LogP contribution in [0.3, 0.4) is 0 Å². The fourth-order valence-electron chi connectivity index (χ4n) is 3.10. The molecule has 2 aromatic rings. The summed E-state index contributed by atoms with van der Waals surface area (Å²) in [6.45, 7) is 6.19. The van der Waals surface area contributed by atoms with Crippen molar-refractivity contribution in [2.45, 2.75) is 39.8 Å². The average molecular weight is 478 g/mol. The van der Waals surface area contributed by atoms with Crippen LogP contribution in [-0.4, -0.2) is 23.3 Å². The molecule has 0 bridgehead atoms. The van der Waals surface area contributed by atoms with Gasteiger partial charge in [0.25, 0.3) is 0 Å². The van der Waals surface area contributed by atoms with Crippen molar-refractivity contribution in [2.75, 3.05) is 11.9 Å². The molecule has 0 radical (unpaired) electrons. The first-order chi connectivity index (χ1) is 12.5. The van der Waals surface area contributed by atoms with E-state index in [4.69, 9.17) is 5.73 Å². The third-order valence-electron chi connectivity index (χ3n) is 4.75. The number of hydrogen-bond donors (Lipinski definition) is 2. The molecule has 5 nitrogen and oxygen atoms in total. The molecule has 1 amide bonds. The number of anilines is 1. The summed E-state index contributed by atoms with van der Waals surface area (Å²) < 4.78 is 0. The third-order valence-corrected chi connectivity index (χ3v) is 4.75. The molecule has 1 aliphatic heterocycles. The Morgan fingerprint density at radius 2 is 1.93 bits per heavy atom. The molecule has 0 aromatic heterocycles. The zero-order valence-electron chi connectivity index (χ0n) is 15.9. The Balaban J connectivity index is 0.00000261. The average Bonchev–Trinajstić information content (AvgIpc) is 3.02. The second-order valence-electron chi connectivity index (χ2n) is 6.86. The maximum absolute atomic E-state index is 11.8. The van der Waals surface area contributed by atoms with Gasteiger partial charge in [-0.15, -0.1) is 24.0 Å². The van der Waals surface area contributed by atoms with Crippen molar-refractivity contribution in [1.29, 1.82) is 0 Å². The summed E-state index contributed by atoms with van der Waals surface area (Å²) in [4.78, 5) is 18.1. The number of nitrogens with two attached hydrogens (primary N) is 1. The molecule has 3 N–H and O–H groups in total. The fourth-order valence-corrected chi connectivity index (χ4v) is 3.10. The zero-order chi connectivity index (χ0) is 18.5. The normalized spacial score (nSPS) is 14.2. The van der Waals surface area contributed by atoms with Gasteiger partial charge in [0.1, 0.15) is 0 Å². The van der Waals surface area contributed by atoms with Crippen LogP contribution in [0.25, 0.3) is 0 Å². The number of rotatable bonds is 5. The number of nitrogens with zero attached hydrogens (tertiary/aromatic N) is 2. The predicted molar refractivity (Wildman–Crippen MR) is 121 cm³/mol. The van der Waals surface area contributed by atoms with E-state index in [0.717, 1.165) is 29.8 Å². The minimum Gasteiger partial charge on any atom is -0.370 e. The van der Waals surface area contributed by atoms with E-state index >= 15 is 0 Å². The Bertz CT molecular complexity index is 835. The molecule has 2 aromatic carbocycles. The molecule has 0 saturated carbocycles. The van der Waals surface area contributed by atoms with Crippen LogP contribution in [0.2, 0.25) is 0 Å².